The van der Waals surface area contributed by atoms with Crippen LogP contribution in [0.3, 0.4) is 0 Å². The molecule has 92 valence electrons. The lowest BCUT2D eigenvalue weighted by atomic mass is 9.90. The summed E-state index contributed by atoms with van der Waals surface area (Å²) < 4.78 is 0. The number of aliphatic carboxylic acids is 1. The number of carbonyl (C=O) groups excluding carboxylic acids is 1. The van der Waals surface area contributed by atoms with Crippen LogP contribution in [0.2, 0.25) is 0 Å². The third kappa shape index (κ3) is 2.07. The number of carbonyl (C=O) groups is 2. The van der Waals surface area contributed by atoms with Crippen molar-refractivity contribution in [3.05, 3.63) is 29.8 Å². The summed E-state index contributed by atoms with van der Waals surface area (Å²) in [6.45, 7) is 2.00. The predicted molar refractivity (Wildman–Crippen MR) is 67.2 cm³/mol. The maximum absolute atomic E-state index is 11.8. The minimum absolute atomic E-state index is 0.284. The highest BCUT2D eigenvalue weighted by molar-refractivity contribution is 6.07. The normalized spacial score (nSPS) is 17.4. The molecule has 1 aliphatic heterocycles. The minimum Gasteiger partial charge on any atom is -0.481 e. The van der Waals surface area contributed by atoms with E-state index in [1.807, 2.05) is 0 Å². The van der Waals surface area contributed by atoms with Crippen molar-refractivity contribution in [1.29, 1.82) is 0 Å². The van der Waals surface area contributed by atoms with Crippen LogP contribution in [0.4, 0.5) is 5.69 Å². The Morgan fingerprint density at radius 1 is 1.39 bits per heavy atom. The van der Waals surface area contributed by atoms with Crippen LogP contribution in [0, 0.1) is 11.8 Å². The van der Waals surface area contributed by atoms with E-state index in [2.05, 4.69) is 11.8 Å². The first-order valence-electron chi connectivity index (χ1n) is 5.71. The van der Waals surface area contributed by atoms with Gasteiger partial charge in [-0.05, 0) is 30.9 Å². The summed E-state index contributed by atoms with van der Waals surface area (Å²) >= 11 is 0. The monoisotopic (exact) mass is 243 g/mol. The molecule has 0 bridgehead atoms. The van der Waals surface area contributed by atoms with E-state index in [-0.39, 0.29) is 5.91 Å². The lowest BCUT2D eigenvalue weighted by Gasteiger charge is -2.31. The number of para-hydroxylation sites is 1. The lowest BCUT2D eigenvalue weighted by Crippen LogP contribution is -2.37. The molecule has 4 nitrogen and oxygen atoms in total. The number of anilines is 1. The van der Waals surface area contributed by atoms with Crippen molar-refractivity contribution in [2.75, 3.05) is 11.4 Å². The number of carboxylic acid groups (broad SMARTS) is 1. The van der Waals surface area contributed by atoms with Gasteiger partial charge in [0.25, 0.3) is 0 Å². The molecule has 0 saturated carbocycles. The van der Waals surface area contributed by atoms with Gasteiger partial charge in [0.15, 0.2) is 0 Å². The Balaban J connectivity index is 2.44. The summed E-state index contributed by atoms with van der Waals surface area (Å²) in [6, 6.07) is 7.10. The van der Waals surface area contributed by atoms with Crippen molar-refractivity contribution in [1.82, 2.24) is 0 Å². The summed E-state index contributed by atoms with van der Waals surface area (Å²) in [6.07, 6.45) is 0.420. The average Bonchev–Trinajstić information content (AvgIpc) is 2.37. The third-order valence-electron chi connectivity index (χ3n) is 3.02. The Morgan fingerprint density at radius 2 is 2.11 bits per heavy atom. The second-order valence-corrected chi connectivity index (χ2v) is 4.07. The van der Waals surface area contributed by atoms with Crippen LogP contribution in [-0.2, 0) is 9.59 Å². The van der Waals surface area contributed by atoms with Gasteiger partial charge in [0, 0.05) is 12.2 Å². The van der Waals surface area contributed by atoms with E-state index >= 15 is 0 Å². The Morgan fingerprint density at radius 3 is 2.78 bits per heavy atom. The van der Waals surface area contributed by atoms with Gasteiger partial charge in [-0.15, -0.1) is 0 Å². The highest BCUT2D eigenvalue weighted by Gasteiger charge is 2.31. The summed E-state index contributed by atoms with van der Waals surface area (Å²) in [5.74, 6) is 3.39. The second-order valence-electron chi connectivity index (χ2n) is 4.07. The largest absolute Gasteiger partial charge is 0.481 e. The van der Waals surface area contributed by atoms with Crippen LogP contribution >= 0.6 is 0 Å². The Kier molecular flexibility index (Phi) is 3.33. The molecule has 1 heterocycles. The van der Waals surface area contributed by atoms with Crippen LogP contribution in [0.15, 0.2) is 24.3 Å². The van der Waals surface area contributed by atoms with E-state index in [1.165, 1.54) is 0 Å². The number of hydrogen-bond donors (Lipinski definition) is 1. The highest BCUT2D eigenvalue weighted by atomic mass is 16.4. The Hall–Kier alpha value is -2.28. The molecular weight excluding hydrogens is 230 g/mol. The molecule has 0 radical (unpaired) electrons. The molecule has 0 fully saturated rings. The van der Waals surface area contributed by atoms with Crippen LogP contribution in [0.5, 0.6) is 0 Å². The van der Waals surface area contributed by atoms with Gasteiger partial charge >= 0.3 is 11.9 Å². The third-order valence-corrected chi connectivity index (χ3v) is 3.02. The number of fused-ring (bicyclic) bond motifs is 1. The van der Waals surface area contributed by atoms with Crippen LogP contribution in [-0.4, -0.2) is 23.5 Å². The first kappa shape index (κ1) is 12.2. The highest BCUT2D eigenvalue weighted by Crippen LogP contribution is 2.35. The van der Waals surface area contributed by atoms with Crippen LogP contribution < -0.4 is 4.90 Å². The number of hydrogen-bond acceptors (Lipinski definition) is 2. The molecule has 2 rings (SSSR count). The molecule has 4 heteroatoms. The van der Waals surface area contributed by atoms with Crippen molar-refractivity contribution >= 4 is 17.6 Å². The quantitative estimate of drug-likeness (QED) is 0.762. The first-order chi connectivity index (χ1) is 8.65. The first-order valence-corrected chi connectivity index (χ1v) is 5.71. The fourth-order valence-electron chi connectivity index (χ4n) is 2.20. The Bertz CT molecular complexity index is 554. The SMILES string of the molecule is CC#CC(=O)N1CCC(C(=O)O)c2ccccc21. The van der Waals surface area contributed by atoms with E-state index < -0.39 is 11.9 Å². The van der Waals surface area contributed by atoms with Crippen molar-refractivity contribution in [2.45, 2.75) is 19.3 Å². The van der Waals surface area contributed by atoms with E-state index in [0.717, 1.165) is 0 Å². The molecule has 0 spiro atoms. The number of carboxylic acids is 1. The summed E-state index contributed by atoms with van der Waals surface area (Å²) in [4.78, 5) is 24.6. The van der Waals surface area contributed by atoms with Gasteiger partial charge in [0.1, 0.15) is 0 Å². The summed E-state index contributed by atoms with van der Waals surface area (Å²) in [5, 5.41) is 9.18. The smallest absolute Gasteiger partial charge is 0.311 e. The zero-order valence-electron chi connectivity index (χ0n) is 10.0. The molecule has 1 atom stereocenters. The lowest BCUT2D eigenvalue weighted by molar-refractivity contribution is -0.139. The average molecular weight is 243 g/mol. The fraction of sp³-hybridized carbons (Fsp3) is 0.286. The van der Waals surface area contributed by atoms with E-state index in [1.54, 1.807) is 36.1 Å². The van der Waals surface area contributed by atoms with Crippen molar-refractivity contribution < 1.29 is 14.7 Å². The zero-order valence-corrected chi connectivity index (χ0v) is 10.0. The number of benzene rings is 1. The molecule has 1 unspecified atom stereocenters. The van der Waals surface area contributed by atoms with Gasteiger partial charge in [-0.3, -0.25) is 9.59 Å². The topological polar surface area (TPSA) is 57.6 Å². The molecule has 0 aliphatic carbocycles. The standard InChI is InChI=1S/C14H13NO3/c1-2-5-13(16)15-9-8-11(14(17)18)10-6-3-4-7-12(10)15/h3-4,6-7,11H,8-9H2,1H3,(H,17,18). The molecule has 1 aromatic carbocycles. The second kappa shape index (κ2) is 4.92. The van der Waals surface area contributed by atoms with Gasteiger partial charge in [-0.1, -0.05) is 24.1 Å². The molecular formula is C14H13NO3. The maximum Gasteiger partial charge on any atom is 0.311 e. The maximum atomic E-state index is 11.8. The molecule has 1 amide bonds. The van der Waals surface area contributed by atoms with E-state index in [9.17, 15) is 14.7 Å². The van der Waals surface area contributed by atoms with Gasteiger partial charge in [0.05, 0.1) is 5.92 Å². The van der Waals surface area contributed by atoms with Crippen molar-refractivity contribution in [3.8, 4) is 11.8 Å². The number of amides is 1. The van der Waals surface area contributed by atoms with Gasteiger partial charge in [-0.2, -0.15) is 0 Å². The van der Waals surface area contributed by atoms with Gasteiger partial charge < -0.3 is 10.0 Å². The summed E-state index contributed by atoms with van der Waals surface area (Å²) in [7, 11) is 0. The van der Waals surface area contributed by atoms with Crippen LogP contribution in [0.1, 0.15) is 24.8 Å². The molecule has 1 N–H and O–H groups in total. The van der Waals surface area contributed by atoms with E-state index in [4.69, 9.17) is 0 Å². The van der Waals surface area contributed by atoms with Crippen LogP contribution in [0.25, 0.3) is 0 Å². The summed E-state index contributed by atoms with van der Waals surface area (Å²) in [5.41, 5.74) is 1.34. The molecule has 1 aromatic rings. The Labute approximate surface area is 105 Å². The zero-order chi connectivity index (χ0) is 13.1. The minimum atomic E-state index is -0.851. The van der Waals surface area contributed by atoms with E-state index in [0.29, 0.717) is 24.2 Å². The van der Waals surface area contributed by atoms with Crippen molar-refractivity contribution in [3.63, 3.8) is 0 Å². The number of nitrogens with zero attached hydrogens (tertiary/aromatic N) is 1. The molecule has 1 aliphatic rings. The molecule has 0 aromatic heterocycles. The molecule has 0 saturated heterocycles. The van der Waals surface area contributed by atoms with Gasteiger partial charge in [-0.25, -0.2) is 0 Å². The fourth-order valence-corrected chi connectivity index (χ4v) is 2.20. The van der Waals surface area contributed by atoms with Crippen molar-refractivity contribution in [2.24, 2.45) is 0 Å². The van der Waals surface area contributed by atoms with Gasteiger partial charge in [0.2, 0.25) is 0 Å². The predicted octanol–water partition coefficient (Wildman–Crippen LogP) is 1.61. The molecule has 18 heavy (non-hydrogen) atoms. The number of rotatable bonds is 1.